The highest BCUT2D eigenvalue weighted by molar-refractivity contribution is 8.00. The largest absolute Gasteiger partial charge is 0.497 e. The zero-order valence-electron chi connectivity index (χ0n) is 20.4. The van der Waals surface area contributed by atoms with Crippen molar-refractivity contribution in [1.82, 2.24) is 15.2 Å². The molecule has 1 unspecified atom stereocenters. The molecule has 0 aliphatic carbocycles. The molecule has 3 aromatic carbocycles. The lowest BCUT2D eigenvalue weighted by molar-refractivity contribution is -0.115. The summed E-state index contributed by atoms with van der Waals surface area (Å²) in [6, 6.07) is 22.3. The van der Waals surface area contributed by atoms with Crippen LogP contribution >= 0.6 is 11.8 Å². The van der Waals surface area contributed by atoms with E-state index in [4.69, 9.17) is 19.2 Å². The van der Waals surface area contributed by atoms with Gasteiger partial charge in [-0.25, -0.2) is 4.98 Å². The second-order valence-electron chi connectivity index (χ2n) is 7.73. The van der Waals surface area contributed by atoms with Gasteiger partial charge in [0.2, 0.25) is 11.1 Å². The van der Waals surface area contributed by atoms with E-state index >= 15 is 0 Å². The van der Waals surface area contributed by atoms with Crippen molar-refractivity contribution in [3.63, 3.8) is 0 Å². The maximum absolute atomic E-state index is 12.8. The van der Waals surface area contributed by atoms with Crippen LogP contribution < -0.4 is 19.5 Å². The number of nitrogens with one attached hydrogen (secondary N) is 1. The zero-order valence-corrected chi connectivity index (χ0v) is 21.2. The molecule has 0 spiro atoms. The standard InChI is InChI=1S/C27H26N4O4S/c1-17(26(32)28-20-9-15-23(35-4)16-10-20)36-27-29-24(18-5-11-21(33-2)12-6-18)25(30-31-27)19-7-13-22(34-3)14-8-19/h5-17H,1-4H3,(H,28,32). The van der Waals surface area contributed by atoms with Gasteiger partial charge < -0.3 is 19.5 Å². The molecular formula is C27H26N4O4S. The predicted octanol–water partition coefficient (Wildman–Crippen LogP) is 5.35. The van der Waals surface area contributed by atoms with Crippen LogP contribution in [0.25, 0.3) is 22.5 Å². The Morgan fingerprint density at radius 1 is 0.722 bits per heavy atom. The number of rotatable bonds is 9. The number of anilines is 1. The molecule has 36 heavy (non-hydrogen) atoms. The topological polar surface area (TPSA) is 95.5 Å². The van der Waals surface area contributed by atoms with Crippen molar-refractivity contribution in [2.24, 2.45) is 0 Å². The Hall–Kier alpha value is -4.11. The van der Waals surface area contributed by atoms with Crippen molar-refractivity contribution in [3.05, 3.63) is 72.8 Å². The van der Waals surface area contributed by atoms with Crippen LogP contribution in [0.5, 0.6) is 17.2 Å². The fourth-order valence-electron chi connectivity index (χ4n) is 3.38. The number of aromatic nitrogens is 3. The van der Waals surface area contributed by atoms with Crippen LogP contribution in [0.3, 0.4) is 0 Å². The first-order valence-corrected chi connectivity index (χ1v) is 12.0. The number of carbonyl (C=O) groups excluding carboxylic acids is 1. The average molecular weight is 503 g/mol. The third-order valence-electron chi connectivity index (χ3n) is 5.40. The second kappa shape index (κ2) is 11.5. The van der Waals surface area contributed by atoms with Gasteiger partial charge >= 0.3 is 0 Å². The van der Waals surface area contributed by atoms with E-state index in [0.29, 0.717) is 22.2 Å². The Labute approximate surface area is 214 Å². The van der Waals surface area contributed by atoms with E-state index < -0.39 is 5.25 Å². The molecule has 0 radical (unpaired) electrons. The minimum Gasteiger partial charge on any atom is -0.497 e. The monoisotopic (exact) mass is 502 g/mol. The Balaban J connectivity index is 1.60. The number of nitrogens with zero attached hydrogens (tertiary/aromatic N) is 3. The lowest BCUT2D eigenvalue weighted by Gasteiger charge is -2.13. The molecule has 0 saturated heterocycles. The summed E-state index contributed by atoms with van der Waals surface area (Å²) in [5, 5.41) is 11.7. The van der Waals surface area contributed by atoms with Gasteiger partial charge in [-0.3, -0.25) is 4.79 Å². The van der Waals surface area contributed by atoms with Gasteiger partial charge in [0.25, 0.3) is 0 Å². The minimum atomic E-state index is -0.454. The van der Waals surface area contributed by atoms with Crippen molar-refractivity contribution in [3.8, 4) is 39.8 Å². The Morgan fingerprint density at radius 2 is 1.19 bits per heavy atom. The van der Waals surface area contributed by atoms with Crippen molar-refractivity contribution >= 4 is 23.4 Å². The molecule has 4 rings (SSSR count). The van der Waals surface area contributed by atoms with E-state index in [1.807, 2.05) is 48.5 Å². The summed E-state index contributed by atoms with van der Waals surface area (Å²) in [4.78, 5) is 17.6. The lowest BCUT2D eigenvalue weighted by Crippen LogP contribution is -2.22. The molecular weight excluding hydrogens is 476 g/mol. The number of methoxy groups -OCH3 is 3. The fraction of sp³-hybridized carbons (Fsp3) is 0.185. The summed E-state index contributed by atoms with van der Waals surface area (Å²) < 4.78 is 15.7. The summed E-state index contributed by atoms with van der Waals surface area (Å²) in [7, 11) is 4.84. The summed E-state index contributed by atoms with van der Waals surface area (Å²) in [6.45, 7) is 1.80. The van der Waals surface area contributed by atoms with Crippen LogP contribution in [0.2, 0.25) is 0 Å². The maximum atomic E-state index is 12.8. The van der Waals surface area contributed by atoms with Gasteiger partial charge in [-0.2, -0.15) is 0 Å². The summed E-state index contributed by atoms with van der Waals surface area (Å²) in [6.07, 6.45) is 0. The van der Waals surface area contributed by atoms with Gasteiger partial charge in [-0.05, 0) is 79.7 Å². The summed E-state index contributed by atoms with van der Waals surface area (Å²) >= 11 is 1.24. The molecule has 0 bridgehead atoms. The van der Waals surface area contributed by atoms with Gasteiger partial charge in [0.05, 0.1) is 26.6 Å². The SMILES string of the molecule is COc1ccc(NC(=O)C(C)Sc2nnc(-c3ccc(OC)cc3)c(-c3ccc(OC)cc3)n2)cc1. The molecule has 4 aromatic rings. The number of amides is 1. The Kier molecular flexibility index (Phi) is 8.02. The maximum Gasteiger partial charge on any atom is 0.237 e. The third kappa shape index (κ3) is 5.92. The lowest BCUT2D eigenvalue weighted by atomic mass is 10.0. The molecule has 0 aliphatic rings. The van der Waals surface area contributed by atoms with E-state index in [2.05, 4.69) is 15.5 Å². The Morgan fingerprint density at radius 3 is 1.69 bits per heavy atom. The molecule has 1 atom stereocenters. The first-order chi connectivity index (χ1) is 17.5. The van der Waals surface area contributed by atoms with Gasteiger partial charge in [0.1, 0.15) is 28.6 Å². The number of carbonyl (C=O) groups is 1. The van der Waals surface area contributed by atoms with Crippen molar-refractivity contribution in [2.75, 3.05) is 26.6 Å². The molecule has 0 fully saturated rings. The van der Waals surface area contributed by atoms with E-state index in [1.54, 1.807) is 52.5 Å². The third-order valence-corrected chi connectivity index (χ3v) is 6.35. The number of ether oxygens (including phenoxy) is 3. The molecule has 1 N–H and O–H groups in total. The van der Waals surface area contributed by atoms with Crippen LogP contribution in [-0.2, 0) is 4.79 Å². The molecule has 184 valence electrons. The molecule has 9 heteroatoms. The van der Waals surface area contributed by atoms with Gasteiger partial charge in [0, 0.05) is 16.8 Å². The normalized spacial score (nSPS) is 11.4. The number of hydrogen-bond donors (Lipinski definition) is 1. The quantitative estimate of drug-likeness (QED) is 0.306. The first kappa shape index (κ1) is 25.0. The number of hydrogen-bond acceptors (Lipinski definition) is 8. The van der Waals surface area contributed by atoms with E-state index in [-0.39, 0.29) is 5.91 Å². The summed E-state index contributed by atoms with van der Waals surface area (Å²) in [5.74, 6) is 2.04. The van der Waals surface area contributed by atoms with Crippen molar-refractivity contribution in [1.29, 1.82) is 0 Å². The minimum absolute atomic E-state index is 0.168. The molecule has 1 aromatic heterocycles. The molecule has 1 heterocycles. The predicted molar refractivity (Wildman–Crippen MR) is 141 cm³/mol. The molecule has 8 nitrogen and oxygen atoms in total. The Bertz CT molecular complexity index is 1310. The second-order valence-corrected chi connectivity index (χ2v) is 9.03. The smallest absolute Gasteiger partial charge is 0.237 e. The van der Waals surface area contributed by atoms with Crippen LogP contribution in [0.4, 0.5) is 5.69 Å². The summed E-state index contributed by atoms with van der Waals surface area (Å²) in [5.41, 5.74) is 3.67. The average Bonchev–Trinajstić information content (AvgIpc) is 2.93. The van der Waals surface area contributed by atoms with E-state index in [9.17, 15) is 4.79 Å². The van der Waals surface area contributed by atoms with Crippen LogP contribution in [0, 0.1) is 0 Å². The van der Waals surface area contributed by atoms with Gasteiger partial charge in [0.15, 0.2) is 0 Å². The van der Waals surface area contributed by atoms with Crippen LogP contribution in [0.15, 0.2) is 78.0 Å². The molecule has 0 aliphatic heterocycles. The highest BCUT2D eigenvalue weighted by Gasteiger charge is 2.20. The molecule has 0 saturated carbocycles. The highest BCUT2D eigenvalue weighted by atomic mass is 32.2. The van der Waals surface area contributed by atoms with Gasteiger partial charge in [-0.15, -0.1) is 10.2 Å². The van der Waals surface area contributed by atoms with Crippen molar-refractivity contribution < 1.29 is 19.0 Å². The highest BCUT2D eigenvalue weighted by Crippen LogP contribution is 2.32. The van der Waals surface area contributed by atoms with E-state index in [1.165, 1.54) is 11.8 Å². The van der Waals surface area contributed by atoms with E-state index in [0.717, 1.165) is 28.4 Å². The van der Waals surface area contributed by atoms with Crippen molar-refractivity contribution in [2.45, 2.75) is 17.3 Å². The molecule has 1 amide bonds. The van der Waals surface area contributed by atoms with Crippen LogP contribution in [0.1, 0.15) is 6.92 Å². The van der Waals surface area contributed by atoms with Gasteiger partial charge in [-0.1, -0.05) is 11.8 Å². The zero-order chi connectivity index (χ0) is 25.5. The number of thioether (sulfide) groups is 1. The first-order valence-electron chi connectivity index (χ1n) is 11.2. The van der Waals surface area contributed by atoms with Crippen LogP contribution in [-0.4, -0.2) is 47.7 Å². The number of benzene rings is 3. The fourth-order valence-corrected chi connectivity index (χ4v) is 4.10.